The normalized spacial score (nSPS) is 11.5. The molecular weight excluding hydrogens is 466 g/mol. The van der Waals surface area contributed by atoms with E-state index in [1.807, 2.05) is 0 Å². The minimum absolute atomic E-state index is 0.0406. The van der Waals surface area contributed by atoms with Crippen molar-refractivity contribution in [2.75, 3.05) is 17.1 Å². The average Bonchev–Trinajstić information content (AvgIpc) is 3.23. The Morgan fingerprint density at radius 3 is 2.75 bits per heavy atom. The van der Waals surface area contributed by atoms with Crippen molar-refractivity contribution in [2.45, 2.75) is 11.4 Å². The molecule has 13 heteroatoms. The maximum atomic E-state index is 15.0. The first-order valence-electron chi connectivity index (χ1n) is 9.00. The highest BCUT2D eigenvalue weighted by Gasteiger charge is 2.24. The number of hydrogen-bond acceptors (Lipinski definition) is 7. The van der Waals surface area contributed by atoms with Gasteiger partial charge in [-0.15, -0.1) is 0 Å². The molecule has 3 N–H and O–H groups in total. The molecule has 166 valence electrons. The number of aromatic amines is 1. The second-order valence-corrected chi connectivity index (χ2v) is 8.63. The quantitative estimate of drug-likeness (QED) is 0.368. The maximum Gasteiger partial charge on any atom is 0.267 e. The molecule has 3 heterocycles. The van der Waals surface area contributed by atoms with E-state index in [9.17, 15) is 12.8 Å². The molecule has 0 aliphatic heterocycles. The molecule has 0 fully saturated rings. The average molecular weight is 481 g/mol. The number of methoxy groups -OCH3 is 1. The third kappa shape index (κ3) is 4.27. The molecule has 0 aliphatic carbocycles. The summed E-state index contributed by atoms with van der Waals surface area (Å²) in [5.41, 5.74) is 0.246. The van der Waals surface area contributed by atoms with Crippen molar-refractivity contribution in [3.63, 3.8) is 0 Å². The number of nitrogens with one attached hydrogen (secondary N) is 3. The molecular formula is C19H15ClF2N6O3S. The zero-order valence-electron chi connectivity index (χ0n) is 16.4. The molecule has 0 spiro atoms. The molecule has 0 radical (unpaired) electrons. The summed E-state index contributed by atoms with van der Waals surface area (Å²) >= 11 is 5.84. The van der Waals surface area contributed by atoms with Gasteiger partial charge < -0.3 is 10.1 Å². The van der Waals surface area contributed by atoms with Crippen LogP contribution in [0.1, 0.15) is 5.56 Å². The lowest BCUT2D eigenvalue weighted by Crippen LogP contribution is -2.17. The Kier molecular flexibility index (Phi) is 5.80. The second kappa shape index (κ2) is 8.55. The summed E-state index contributed by atoms with van der Waals surface area (Å²) in [5, 5.41) is 10.2. The number of H-pyrrole nitrogens is 1. The van der Waals surface area contributed by atoms with Gasteiger partial charge in [0.15, 0.2) is 16.4 Å². The largest absolute Gasteiger partial charge is 0.480 e. The van der Waals surface area contributed by atoms with Crippen LogP contribution >= 0.6 is 11.6 Å². The summed E-state index contributed by atoms with van der Waals surface area (Å²) in [4.78, 5) is 7.53. The van der Waals surface area contributed by atoms with Crippen LogP contribution in [0.5, 0.6) is 5.88 Å². The highest BCUT2D eigenvalue weighted by atomic mass is 35.5. The lowest BCUT2D eigenvalue weighted by Gasteiger charge is -2.14. The molecule has 0 atom stereocenters. The van der Waals surface area contributed by atoms with E-state index in [0.717, 1.165) is 18.2 Å². The van der Waals surface area contributed by atoms with Crippen molar-refractivity contribution in [3.05, 3.63) is 65.1 Å². The van der Waals surface area contributed by atoms with Crippen LogP contribution in [0.4, 0.5) is 20.2 Å². The Morgan fingerprint density at radius 1 is 1.16 bits per heavy atom. The van der Waals surface area contributed by atoms with Gasteiger partial charge in [0.25, 0.3) is 10.0 Å². The maximum absolute atomic E-state index is 15.0. The second-order valence-electron chi connectivity index (χ2n) is 6.54. The summed E-state index contributed by atoms with van der Waals surface area (Å²) < 4.78 is 62.0. The van der Waals surface area contributed by atoms with E-state index in [-0.39, 0.29) is 23.0 Å². The number of nitrogens with zero attached hydrogens (tertiary/aromatic N) is 3. The summed E-state index contributed by atoms with van der Waals surface area (Å²) in [6, 6.07) is 4.75. The van der Waals surface area contributed by atoms with Crippen LogP contribution in [0.25, 0.3) is 11.0 Å². The molecule has 9 nitrogen and oxygen atoms in total. The molecule has 4 rings (SSSR count). The van der Waals surface area contributed by atoms with E-state index in [4.69, 9.17) is 16.3 Å². The highest BCUT2D eigenvalue weighted by molar-refractivity contribution is 7.92. The van der Waals surface area contributed by atoms with Crippen molar-refractivity contribution in [1.29, 1.82) is 0 Å². The lowest BCUT2D eigenvalue weighted by atomic mass is 10.1. The van der Waals surface area contributed by atoms with Crippen molar-refractivity contribution >= 4 is 44.0 Å². The van der Waals surface area contributed by atoms with Gasteiger partial charge in [-0.25, -0.2) is 27.2 Å². The molecule has 4 aromatic rings. The first-order chi connectivity index (χ1) is 15.3. The van der Waals surface area contributed by atoms with Gasteiger partial charge in [0.1, 0.15) is 5.82 Å². The van der Waals surface area contributed by atoms with Gasteiger partial charge in [-0.2, -0.15) is 5.10 Å². The SMILES string of the molecule is COc1ncc(Cl)cc1S(=O)(=O)Nc1ccc(F)c(CNc2cnc3[nH]ncc3c2)c1F. The predicted octanol–water partition coefficient (Wildman–Crippen LogP) is 3.71. The van der Waals surface area contributed by atoms with Crippen molar-refractivity contribution in [3.8, 4) is 5.88 Å². The van der Waals surface area contributed by atoms with E-state index >= 15 is 4.39 Å². The molecule has 0 amide bonds. The summed E-state index contributed by atoms with van der Waals surface area (Å²) in [5.74, 6) is -2.15. The van der Waals surface area contributed by atoms with Crippen LogP contribution in [0.3, 0.4) is 0 Å². The third-order valence-corrected chi connectivity index (χ3v) is 6.03. The number of hydrogen-bond donors (Lipinski definition) is 3. The molecule has 0 saturated carbocycles. The highest BCUT2D eigenvalue weighted by Crippen LogP contribution is 2.29. The van der Waals surface area contributed by atoms with Crippen molar-refractivity contribution < 1.29 is 21.9 Å². The topological polar surface area (TPSA) is 122 Å². The van der Waals surface area contributed by atoms with Crippen molar-refractivity contribution in [2.24, 2.45) is 0 Å². The number of anilines is 2. The van der Waals surface area contributed by atoms with Gasteiger partial charge in [0.2, 0.25) is 5.88 Å². The van der Waals surface area contributed by atoms with Crippen LogP contribution in [0.2, 0.25) is 5.02 Å². The summed E-state index contributed by atoms with van der Waals surface area (Å²) in [6.07, 6.45) is 4.24. The van der Waals surface area contributed by atoms with E-state index in [1.54, 1.807) is 12.3 Å². The Morgan fingerprint density at radius 2 is 1.97 bits per heavy atom. The van der Waals surface area contributed by atoms with E-state index in [2.05, 4.69) is 30.2 Å². The van der Waals surface area contributed by atoms with Crippen LogP contribution in [0.15, 0.2) is 47.8 Å². The van der Waals surface area contributed by atoms with E-state index in [0.29, 0.717) is 16.7 Å². The fourth-order valence-electron chi connectivity index (χ4n) is 2.92. The smallest absolute Gasteiger partial charge is 0.267 e. The fraction of sp³-hybridized carbons (Fsp3) is 0.105. The van der Waals surface area contributed by atoms with Gasteiger partial charge >= 0.3 is 0 Å². The number of pyridine rings is 2. The standard InChI is InChI=1S/C19H15ClF2N6O3S/c1-31-19-16(5-11(20)7-25-19)32(29,30)28-15-3-2-14(21)13(17(15)22)9-23-12-4-10-6-26-27-18(10)24-8-12/h2-8,23,28H,9H2,1H3,(H,24,26,27). The van der Waals surface area contributed by atoms with Gasteiger partial charge in [0, 0.05) is 23.7 Å². The van der Waals surface area contributed by atoms with Gasteiger partial charge in [-0.05, 0) is 24.3 Å². The molecule has 0 aliphatic rings. The number of fused-ring (bicyclic) bond motifs is 1. The van der Waals surface area contributed by atoms with Gasteiger partial charge in [-0.3, -0.25) is 9.82 Å². The first-order valence-corrected chi connectivity index (χ1v) is 10.9. The monoisotopic (exact) mass is 480 g/mol. The minimum atomic E-state index is -4.34. The van der Waals surface area contributed by atoms with Crippen LogP contribution in [-0.2, 0) is 16.6 Å². The Bertz CT molecular complexity index is 1410. The molecule has 1 aromatic carbocycles. The fourth-order valence-corrected chi connectivity index (χ4v) is 4.34. The number of ether oxygens (including phenoxy) is 1. The number of aromatic nitrogens is 4. The Labute approximate surface area is 185 Å². The van der Waals surface area contributed by atoms with Crippen LogP contribution in [-0.4, -0.2) is 35.7 Å². The molecule has 32 heavy (non-hydrogen) atoms. The number of rotatable bonds is 7. The third-order valence-electron chi connectivity index (χ3n) is 4.46. The number of sulfonamides is 1. The zero-order chi connectivity index (χ0) is 22.9. The van der Waals surface area contributed by atoms with E-state index < -0.39 is 32.2 Å². The number of benzene rings is 1. The van der Waals surface area contributed by atoms with E-state index in [1.165, 1.54) is 19.5 Å². The van der Waals surface area contributed by atoms with Gasteiger partial charge in [0.05, 0.1) is 35.9 Å². The first kappa shape index (κ1) is 21.7. The zero-order valence-corrected chi connectivity index (χ0v) is 17.9. The van der Waals surface area contributed by atoms with Gasteiger partial charge in [-0.1, -0.05) is 11.6 Å². The van der Waals surface area contributed by atoms with Crippen molar-refractivity contribution in [1.82, 2.24) is 20.2 Å². The molecule has 0 saturated heterocycles. The van der Waals surface area contributed by atoms with Crippen LogP contribution in [0, 0.1) is 11.6 Å². The molecule has 0 bridgehead atoms. The minimum Gasteiger partial charge on any atom is -0.480 e. The summed E-state index contributed by atoms with van der Waals surface area (Å²) in [6.45, 7) is -0.264. The summed E-state index contributed by atoms with van der Waals surface area (Å²) in [7, 11) is -3.11. The predicted molar refractivity (Wildman–Crippen MR) is 114 cm³/mol. The lowest BCUT2D eigenvalue weighted by molar-refractivity contribution is 0.385. The molecule has 3 aromatic heterocycles. The number of halogens is 3. The van der Waals surface area contributed by atoms with Crippen LogP contribution < -0.4 is 14.8 Å². The Balaban J connectivity index is 1.61. The molecule has 0 unspecified atom stereocenters. The Hall–Kier alpha value is -3.51.